The summed E-state index contributed by atoms with van der Waals surface area (Å²) in [5.41, 5.74) is -2.57. The summed E-state index contributed by atoms with van der Waals surface area (Å²) < 4.78 is 4.32. The first-order valence-electron chi connectivity index (χ1n) is 4.06. The molecule has 0 aromatic heterocycles. The van der Waals surface area contributed by atoms with Crippen molar-refractivity contribution >= 4 is 23.9 Å². The van der Waals surface area contributed by atoms with Gasteiger partial charge < -0.3 is 20.1 Å². The average molecular weight is 234 g/mol. The summed E-state index contributed by atoms with van der Waals surface area (Å²) >= 11 is 0. The molecule has 0 aliphatic rings. The Kier molecular flexibility index (Phi) is 4.42. The highest BCUT2D eigenvalue weighted by Gasteiger charge is 2.46. The van der Waals surface area contributed by atoms with Crippen LogP contribution in [0.25, 0.3) is 0 Å². The normalized spacial score (nSPS) is 10.6. The highest BCUT2D eigenvalue weighted by atomic mass is 16.6. The molecule has 0 bridgehead atoms. The van der Waals surface area contributed by atoms with Crippen molar-refractivity contribution < 1.29 is 39.2 Å². The zero-order valence-corrected chi connectivity index (χ0v) is 8.30. The Bertz CT molecular complexity index is 290. The van der Waals surface area contributed by atoms with Crippen LogP contribution in [0, 0.1) is 0 Å². The van der Waals surface area contributed by atoms with E-state index in [1.165, 1.54) is 0 Å². The van der Waals surface area contributed by atoms with E-state index in [-0.39, 0.29) is 0 Å². The second-order valence-electron chi connectivity index (χ2n) is 3.03. The van der Waals surface area contributed by atoms with Crippen molar-refractivity contribution in [1.82, 2.24) is 0 Å². The first-order chi connectivity index (χ1) is 7.19. The predicted molar refractivity (Wildman–Crippen MR) is 46.6 cm³/mol. The van der Waals surface area contributed by atoms with E-state index in [1.807, 2.05) is 0 Å². The van der Waals surface area contributed by atoms with Crippen molar-refractivity contribution in [3.8, 4) is 0 Å². The van der Waals surface area contributed by atoms with Crippen LogP contribution in [0.4, 0.5) is 0 Å². The molecule has 0 atom stereocenters. The molecule has 0 rings (SSSR count). The number of esters is 1. The van der Waals surface area contributed by atoms with Crippen LogP contribution in [0.2, 0.25) is 0 Å². The van der Waals surface area contributed by atoms with Crippen molar-refractivity contribution in [2.45, 2.75) is 25.4 Å². The summed E-state index contributed by atoms with van der Waals surface area (Å²) in [7, 11) is 0. The third kappa shape index (κ3) is 3.95. The molecule has 3 N–H and O–H groups in total. The molecule has 0 saturated carbocycles. The molecular formula is C8H10O8. The minimum Gasteiger partial charge on any atom is -0.481 e. The molecule has 0 aliphatic carbocycles. The summed E-state index contributed by atoms with van der Waals surface area (Å²) in [6, 6.07) is 0. The Morgan fingerprint density at radius 3 is 1.56 bits per heavy atom. The van der Waals surface area contributed by atoms with Crippen LogP contribution in [0.5, 0.6) is 0 Å². The first kappa shape index (κ1) is 13.9. The molecule has 0 fully saturated rings. The van der Waals surface area contributed by atoms with E-state index in [9.17, 15) is 19.2 Å². The Labute approximate surface area is 89.4 Å². The summed E-state index contributed by atoms with van der Waals surface area (Å²) in [6.45, 7) is 0.862. The maximum absolute atomic E-state index is 10.8. The van der Waals surface area contributed by atoms with Gasteiger partial charge in [-0.1, -0.05) is 0 Å². The van der Waals surface area contributed by atoms with Crippen molar-refractivity contribution in [3.05, 3.63) is 0 Å². The van der Waals surface area contributed by atoms with E-state index < -0.39 is 42.3 Å². The lowest BCUT2D eigenvalue weighted by Crippen LogP contribution is -2.46. The summed E-state index contributed by atoms with van der Waals surface area (Å²) in [5.74, 6) is -6.03. The number of ether oxygens (including phenoxy) is 1. The molecular weight excluding hydrogens is 224 g/mol. The summed E-state index contributed by atoms with van der Waals surface area (Å²) in [6.07, 6.45) is -2.23. The number of carboxylic acid groups (broad SMARTS) is 3. The smallest absolute Gasteiger partial charge is 0.349 e. The molecule has 8 nitrogen and oxygen atoms in total. The zero-order chi connectivity index (χ0) is 12.9. The lowest BCUT2D eigenvalue weighted by atomic mass is 9.95. The molecule has 16 heavy (non-hydrogen) atoms. The number of rotatable bonds is 6. The van der Waals surface area contributed by atoms with E-state index in [2.05, 4.69) is 4.74 Å². The van der Waals surface area contributed by atoms with Crippen LogP contribution < -0.4 is 0 Å². The second kappa shape index (κ2) is 5.10. The predicted octanol–water partition coefficient (Wildman–Crippen LogP) is -0.678. The number of hydrogen-bond donors (Lipinski definition) is 3. The van der Waals surface area contributed by atoms with Gasteiger partial charge in [0.15, 0.2) is 0 Å². The lowest BCUT2D eigenvalue weighted by Gasteiger charge is -2.25. The molecule has 0 amide bonds. The van der Waals surface area contributed by atoms with Crippen molar-refractivity contribution in [3.63, 3.8) is 0 Å². The fraction of sp³-hybridized carbons (Fsp3) is 0.500. The van der Waals surface area contributed by atoms with Crippen LogP contribution in [0.3, 0.4) is 0 Å². The monoisotopic (exact) mass is 234 g/mol. The van der Waals surface area contributed by atoms with E-state index in [0.717, 1.165) is 6.92 Å². The van der Waals surface area contributed by atoms with Gasteiger partial charge in [0.05, 0.1) is 12.8 Å². The molecule has 0 spiro atoms. The second-order valence-corrected chi connectivity index (χ2v) is 3.03. The molecule has 0 aliphatic heterocycles. The van der Waals surface area contributed by atoms with Gasteiger partial charge in [-0.3, -0.25) is 14.4 Å². The van der Waals surface area contributed by atoms with Gasteiger partial charge in [-0.15, -0.1) is 0 Å². The number of hydrogen-bond acceptors (Lipinski definition) is 5. The molecule has 0 heterocycles. The van der Waals surface area contributed by atoms with E-state index in [4.69, 9.17) is 15.3 Å². The molecule has 0 aromatic rings. The molecule has 0 radical (unpaired) electrons. The van der Waals surface area contributed by atoms with Gasteiger partial charge in [-0.2, -0.15) is 0 Å². The minimum absolute atomic E-state index is 0.862. The Hall–Kier alpha value is -2.12. The van der Waals surface area contributed by atoms with E-state index >= 15 is 0 Å². The molecule has 90 valence electrons. The quantitative estimate of drug-likeness (QED) is 0.514. The third-order valence-electron chi connectivity index (χ3n) is 1.60. The minimum atomic E-state index is -2.57. The van der Waals surface area contributed by atoms with E-state index in [1.54, 1.807) is 0 Å². The number of aliphatic carboxylic acids is 3. The van der Waals surface area contributed by atoms with Crippen LogP contribution in [0.1, 0.15) is 19.8 Å². The Morgan fingerprint density at radius 1 is 1.00 bits per heavy atom. The van der Waals surface area contributed by atoms with E-state index in [0.29, 0.717) is 0 Å². The fourth-order valence-corrected chi connectivity index (χ4v) is 1.09. The molecule has 8 heteroatoms. The van der Waals surface area contributed by atoms with Gasteiger partial charge >= 0.3 is 23.9 Å². The maximum atomic E-state index is 10.8. The standard InChI is InChI=1S/C8H10O8/c1-4(9)16-8(7(14)15,2-5(10)11)3-6(12)13/h2-3H2,1H3,(H,10,11)(H,12,13)(H,14,15). The van der Waals surface area contributed by atoms with Crippen molar-refractivity contribution in [1.29, 1.82) is 0 Å². The number of carbonyl (C=O) groups excluding carboxylic acids is 1. The number of carbonyl (C=O) groups is 4. The zero-order valence-electron chi connectivity index (χ0n) is 8.30. The summed E-state index contributed by atoms with van der Waals surface area (Å²) in [5, 5.41) is 25.7. The van der Waals surface area contributed by atoms with Crippen LogP contribution >= 0.6 is 0 Å². The maximum Gasteiger partial charge on any atom is 0.349 e. The highest BCUT2D eigenvalue weighted by molar-refractivity contribution is 5.90. The number of carboxylic acids is 3. The highest BCUT2D eigenvalue weighted by Crippen LogP contribution is 2.22. The molecule has 0 unspecified atom stereocenters. The third-order valence-corrected chi connectivity index (χ3v) is 1.60. The lowest BCUT2D eigenvalue weighted by molar-refractivity contribution is -0.184. The molecule has 0 saturated heterocycles. The van der Waals surface area contributed by atoms with Gasteiger partial charge in [-0.25, -0.2) is 4.79 Å². The topological polar surface area (TPSA) is 138 Å². The van der Waals surface area contributed by atoms with Crippen LogP contribution in [-0.2, 0) is 23.9 Å². The Morgan fingerprint density at radius 2 is 1.38 bits per heavy atom. The fourth-order valence-electron chi connectivity index (χ4n) is 1.09. The van der Waals surface area contributed by atoms with Crippen LogP contribution in [-0.4, -0.2) is 44.8 Å². The largest absolute Gasteiger partial charge is 0.481 e. The van der Waals surface area contributed by atoms with Crippen LogP contribution in [0.15, 0.2) is 0 Å². The van der Waals surface area contributed by atoms with Gasteiger partial charge in [0.1, 0.15) is 0 Å². The van der Waals surface area contributed by atoms with Gasteiger partial charge in [0, 0.05) is 6.92 Å². The SMILES string of the molecule is CC(=O)OC(CC(=O)O)(CC(=O)O)C(=O)O. The van der Waals surface area contributed by atoms with Gasteiger partial charge in [0.25, 0.3) is 0 Å². The average Bonchev–Trinajstić information content (AvgIpc) is 1.98. The van der Waals surface area contributed by atoms with Gasteiger partial charge in [-0.05, 0) is 0 Å². The summed E-state index contributed by atoms with van der Waals surface area (Å²) in [4.78, 5) is 42.3. The Balaban J connectivity index is 5.19. The first-order valence-corrected chi connectivity index (χ1v) is 4.06. The van der Waals surface area contributed by atoms with Crippen molar-refractivity contribution in [2.24, 2.45) is 0 Å². The molecule has 0 aromatic carbocycles. The van der Waals surface area contributed by atoms with Crippen molar-refractivity contribution in [2.75, 3.05) is 0 Å². The van der Waals surface area contributed by atoms with Gasteiger partial charge in [0.2, 0.25) is 5.60 Å².